The van der Waals surface area contributed by atoms with Gasteiger partial charge in [-0.15, -0.1) is 0 Å². The average Bonchev–Trinajstić information content (AvgIpc) is 2.99. The van der Waals surface area contributed by atoms with E-state index in [9.17, 15) is 0 Å². The maximum atomic E-state index is 6.38. The van der Waals surface area contributed by atoms with Gasteiger partial charge in [-0.05, 0) is 43.2 Å². The van der Waals surface area contributed by atoms with Crippen molar-refractivity contribution < 1.29 is 4.74 Å². The van der Waals surface area contributed by atoms with E-state index in [1.807, 2.05) is 0 Å². The highest BCUT2D eigenvalue weighted by atomic mass is 32.2. The van der Waals surface area contributed by atoms with Crippen molar-refractivity contribution in [1.82, 2.24) is 0 Å². The molecule has 1 fully saturated rings. The topological polar surface area (TPSA) is 35.2 Å². The van der Waals surface area contributed by atoms with Crippen LogP contribution < -0.4 is 10.5 Å². The van der Waals surface area contributed by atoms with E-state index in [-0.39, 0.29) is 0 Å². The van der Waals surface area contributed by atoms with Gasteiger partial charge in [-0.25, -0.2) is 0 Å². The van der Waals surface area contributed by atoms with E-state index in [4.69, 9.17) is 10.5 Å². The molecule has 2 aliphatic rings. The van der Waals surface area contributed by atoms with Gasteiger partial charge in [0, 0.05) is 17.0 Å². The molecule has 1 saturated carbocycles. The molecule has 0 radical (unpaired) electrons. The molecule has 3 heteroatoms. The van der Waals surface area contributed by atoms with E-state index in [1.54, 1.807) is 0 Å². The predicted octanol–water partition coefficient (Wildman–Crippen LogP) is 3.95. The molecular weight excluding hydrogens is 266 g/mol. The summed E-state index contributed by atoms with van der Waals surface area (Å²) < 4.78 is 5.73. The quantitative estimate of drug-likeness (QED) is 0.892. The van der Waals surface area contributed by atoms with E-state index >= 15 is 0 Å². The summed E-state index contributed by atoms with van der Waals surface area (Å²) in [6.45, 7) is 0.837. The lowest BCUT2D eigenvalue weighted by Crippen LogP contribution is -2.28. The highest BCUT2D eigenvalue weighted by molar-refractivity contribution is 7.99. The summed E-state index contributed by atoms with van der Waals surface area (Å²) in [6.07, 6.45) is 7.84. The standard InChI is InChI=1S/C17H25NOS/c18-14(12-20-15-5-1-2-6-15)11-13-9-10-19-17-8-4-3-7-16(13)17/h3-4,7-8,13-15H,1-2,5-6,9-12,18H2. The van der Waals surface area contributed by atoms with Gasteiger partial charge in [0.15, 0.2) is 0 Å². The van der Waals surface area contributed by atoms with E-state index in [0.29, 0.717) is 12.0 Å². The van der Waals surface area contributed by atoms with E-state index in [1.165, 1.54) is 31.2 Å². The van der Waals surface area contributed by atoms with Crippen LogP contribution in [0.15, 0.2) is 24.3 Å². The third-order valence-electron chi connectivity index (χ3n) is 4.52. The second-order valence-corrected chi connectivity index (χ2v) is 7.44. The van der Waals surface area contributed by atoms with Gasteiger partial charge in [0.1, 0.15) is 5.75 Å². The molecule has 2 N–H and O–H groups in total. The first-order valence-corrected chi connectivity index (χ1v) is 8.96. The van der Waals surface area contributed by atoms with Gasteiger partial charge in [-0.1, -0.05) is 31.0 Å². The molecule has 3 rings (SSSR count). The monoisotopic (exact) mass is 291 g/mol. The molecule has 2 atom stereocenters. The molecule has 1 aromatic rings. The van der Waals surface area contributed by atoms with Crippen molar-refractivity contribution in [3.05, 3.63) is 29.8 Å². The van der Waals surface area contributed by atoms with Crippen molar-refractivity contribution in [3.63, 3.8) is 0 Å². The van der Waals surface area contributed by atoms with Gasteiger partial charge >= 0.3 is 0 Å². The summed E-state index contributed by atoms with van der Waals surface area (Å²) in [5, 5.41) is 0.878. The molecular formula is C17H25NOS. The molecule has 20 heavy (non-hydrogen) atoms. The minimum absolute atomic E-state index is 0.316. The van der Waals surface area contributed by atoms with E-state index < -0.39 is 0 Å². The number of hydrogen-bond acceptors (Lipinski definition) is 3. The summed E-state index contributed by atoms with van der Waals surface area (Å²) in [7, 11) is 0. The Morgan fingerprint density at radius 1 is 1.20 bits per heavy atom. The zero-order valence-electron chi connectivity index (χ0n) is 12.1. The molecule has 0 saturated heterocycles. The lowest BCUT2D eigenvalue weighted by molar-refractivity contribution is 0.260. The zero-order chi connectivity index (χ0) is 13.8. The zero-order valence-corrected chi connectivity index (χ0v) is 12.9. The number of para-hydroxylation sites is 1. The Morgan fingerprint density at radius 2 is 2.00 bits per heavy atom. The molecule has 1 aromatic carbocycles. The minimum Gasteiger partial charge on any atom is -0.493 e. The van der Waals surface area contributed by atoms with E-state index in [0.717, 1.165) is 36.2 Å². The molecule has 1 aliphatic carbocycles. The van der Waals surface area contributed by atoms with Gasteiger partial charge in [0.25, 0.3) is 0 Å². The number of hydrogen-bond donors (Lipinski definition) is 1. The lowest BCUT2D eigenvalue weighted by Gasteiger charge is -2.28. The van der Waals surface area contributed by atoms with Crippen LogP contribution in [-0.4, -0.2) is 23.7 Å². The highest BCUT2D eigenvalue weighted by Gasteiger charge is 2.24. The summed E-state index contributed by atoms with van der Waals surface area (Å²) >= 11 is 2.11. The van der Waals surface area contributed by atoms with Gasteiger partial charge in [0.2, 0.25) is 0 Å². The highest BCUT2D eigenvalue weighted by Crippen LogP contribution is 2.37. The summed E-state index contributed by atoms with van der Waals surface area (Å²) in [5.41, 5.74) is 7.74. The van der Waals surface area contributed by atoms with Crippen molar-refractivity contribution in [2.24, 2.45) is 5.73 Å². The third-order valence-corrected chi connectivity index (χ3v) is 6.08. The van der Waals surface area contributed by atoms with Crippen LogP contribution in [0.3, 0.4) is 0 Å². The molecule has 110 valence electrons. The molecule has 2 nitrogen and oxygen atoms in total. The molecule has 0 spiro atoms. The first kappa shape index (κ1) is 14.3. The van der Waals surface area contributed by atoms with Crippen LogP contribution in [0.25, 0.3) is 0 Å². The Hall–Kier alpha value is -0.670. The predicted molar refractivity (Wildman–Crippen MR) is 86.6 cm³/mol. The maximum Gasteiger partial charge on any atom is 0.122 e. The summed E-state index contributed by atoms with van der Waals surface area (Å²) in [5.74, 6) is 2.77. The number of ether oxygens (including phenoxy) is 1. The molecule has 0 aromatic heterocycles. The fourth-order valence-electron chi connectivity index (χ4n) is 3.41. The number of thioether (sulfide) groups is 1. The summed E-state index contributed by atoms with van der Waals surface area (Å²) in [6, 6.07) is 8.77. The fraction of sp³-hybridized carbons (Fsp3) is 0.647. The Bertz CT molecular complexity index is 431. The van der Waals surface area contributed by atoms with Crippen LogP contribution in [-0.2, 0) is 0 Å². The Balaban J connectivity index is 1.52. The summed E-state index contributed by atoms with van der Waals surface area (Å²) in [4.78, 5) is 0. The fourth-order valence-corrected chi connectivity index (χ4v) is 4.73. The number of fused-ring (bicyclic) bond motifs is 1. The third kappa shape index (κ3) is 3.50. The smallest absolute Gasteiger partial charge is 0.122 e. The SMILES string of the molecule is NC(CSC1CCCC1)CC1CCOc2ccccc21. The Morgan fingerprint density at radius 3 is 2.85 bits per heavy atom. The molecule has 1 aliphatic heterocycles. The van der Waals surface area contributed by atoms with Gasteiger partial charge in [0.05, 0.1) is 6.61 Å². The van der Waals surface area contributed by atoms with Crippen LogP contribution in [0.4, 0.5) is 0 Å². The van der Waals surface area contributed by atoms with Crippen molar-refractivity contribution in [2.45, 2.75) is 55.7 Å². The van der Waals surface area contributed by atoms with Gasteiger partial charge in [-0.2, -0.15) is 11.8 Å². The Kier molecular flexibility index (Phi) is 4.90. The maximum absolute atomic E-state index is 6.38. The number of benzene rings is 1. The largest absolute Gasteiger partial charge is 0.493 e. The van der Waals surface area contributed by atoms with Crippen molar-refractivity contribution in [1.29, 1.82) is 0 Å². The van der Waals surface area contributed by atoms with Crippen molar-refractivity contribution in [2.75, 3.05) is 12.4 Å². The number of rotatable bonds is 5. The van der Waals surface area contributed by atoms with Gasteiger partial charge < -0.3 is 10.5 Å². The van der Waals surface area contributed by atoms with E-state index in [2.05, 4.69) is 36.0 Å². The molecule has 1 heterocycles. The minimum atomic E-state index is 0.316. The first-order chi connectivity index (χ1) is 9.83. The van der Waals surface area contributed by atoms with Crippen molar-refractivity contribution >= 4 is 11.8 Å². The van der Waals surface area contributed by atoms with Crippen LogP contribution in [0.1, 0.15) is 50.0 Å². The molecule has 0 amide bonds. The van der Waals surface area contributed by atoms with Crippen LogP contribution in [0.2, 0.25) is 0 Å². The average molecular weight is 291 g/mol. The molecule has 0 bridgehead atoms. The first-order valence-electron chi connectivity index (χ1n) is 7.92. The van der Waals surface area contributed by atoms with Crippen LogP contribution in [0.5, 0.6) is 5.75 Å². The second-order valence-electron chi connectivity index (χ2n) is 6.11. The van der Waals surface area contributed by atoms with Crippen molar-refractivity contribution in [3.8, 4) is 5.75 Å². The normalized spacial score (nSPS) is 24.1. The Labute approximate surface area is 126 Å². The lowest BCUT2D eigenvalue weighted by atomic mass is 9.88. The van der Waals surface area contributed by atoms with Crippen LogP contribution in [0, 0.1) is 0 Å². The number of nitrogens with two attached hydrogens (primary N) is 1. The second kappa shape index (κ2) is 6.86. The van der Waals surface area contributed by atoms with Gasteiger partial charge in [-0.3, -0.25) is 0 Å². The van der Waals surface area contributed by atoms with Crippen LogP contribution >= 0.6 is 11.8 Å². The molecule has 2 unspecified atom stereocenters.